The first kappa shape index (κ1) is 17.3. The molecule has 5 rings (SSSR count). The lowest BCUT2D eigenvalue weighted by atomic mass is 10.0. The number of hydrogen-bond donors (Lipinski definition) is 1. The number of carbonyl (C=O) groups excluding carboxylic acids is 1. The van der Waals surface area contributed by atoms with Crippen LogP contribution in [0.2, 0.25) is 0 Å². The van der Waals surface area contributed by atoms with Crippen molar-refractivity contribution in [3.05, 3.63) is 65.5 Å². The van der Waals surface area contributed by atoms with E-state index in [1.807, 2.05) is 39.8 Å². The van der Waals surface area contributed by atoms with E-state index in [1.54, 1.807) is 18.5 Å². The van der Waals surface area contributed by atoms with E-state index in [4.69, 9.17) is 11.0 Å². The number of fused-ring (bicyclic) bond motifs is 3. The molecule has 3 aromatic rings. The van der Waals surface area contributed by atoms with E-state index in [2.05, 4.69) is 21.2 Å². The molecule has 0 saturated carbocycles. The maximum absolute atomic E-state index is 12.7. The summed E-state index contributed by atoms with van der Waals surface area (Å²) in [6, 6.07) is 15.3. The summed E-state index contributed by atoms with van der Waals surface area (Å²) in [5, 5.41) is 17.6. The lowest BCUT2D eigenvalue weighted by molar-refractivity contribution is -0.129. The van der Waals surface area contributed by atoms with E-state index in [9.17, 15) is 4.79 Å². The van der Waals surface area contributed by atoms with E-state index in [0.29, 0.717) is 36.7 Å². The molecule has 29 heavy (non-hydrogen) atoms. The van der Waals surface area contributed by atoms with Gasteiger partial charge in [0.1, 0.15) is 12.5 Å². The molecule has 2 aliphatic rings. The molecule has 3 heterocycles. The van der Waals surface area contributed by atoms with E-state index < -0.39 is 0 Å². The van der Waals surface area contributed by atoms with Crippen molar-refractivity contribution in [2.24, 2.45) is 0 Å². The number of likely N-dealkylation sites (tertiary alicyclic amines) is 1. The summed E-state index contributed by atoms with van der Waals surface area (Å²) in [6.07, 6.45) is 2.71. The Labute approximate surface area is 167 Å². The van der Waals surface area contributed by atoms with Crippen LogP contribution in [0.3, 0.4) is 0 Å². The van der Waals surface area contributed by atoms with Crippen LogP contribution >= 0.6 is 0 Å². The molecule has 2 aromatic carbocycles. The molecule has 2 aliphatic heterocycles. The quantitative estimate of drug-likeness (QED) is 0.694. The number of nitriles is 1. The molecule has 1 amide bonds. The lowest BCUT2D eigenvalue weighted by Crippen LogP contribution is -2.44. The van der Waals surface area contributed by atoms with Crippen LogP contribution in [0.1, 0.15) is 35.7 Å². The van der Waals surface area contributed by atoms with Gasteiger partial charge in [0.05, 0.1) is 23.9 Å². The van der Waals surface area contributed by atoms with Gasteiger partial charge in [-0.1, -0.05) is 12.1 Å². The second-order valence-electron chi connectivity index (χ2n) is 7.32. The van der Waals surface area contributed by atoms with E-state index in [-0.39, 0.29) is 12.1 Å². The molecule has 144 valence electrons. The van der Waals surface area contributed by atoms with Gasteiger partial charge in [-0.15, -0.1) is 10.2 Å². The minimum atomic E-state index is -0.338. The van der Waals surface area contributed by atoms with E-state index in [0.717, 1.165) is 23.2 Å². The van der Waals surface area contributed by atoms with Crippen molar-refractivity contribution >= 4 is 17.5 Å². The van der Waals surface area contributed by atoms with Crippen molar-refractivity contribution in [2.45, 2.75) is 25.6 Å². The average Bonchev–Trinajstić information content (AvgIpc) is 3.38. The highest BCUT2D eigenvalue weighted by Crippen LogP contribution is 2.38. The fourth-order valence-corrected chi connectivity index (χ4v) is 4.20. The minimum Gasteiger partial charge on any atom is -0.399 e. The monoisotopic (exact) mass is 385 g/mol. The number of nitrogens with two attached hydrogens (primary N) is 1. The van der Waals surface area contributed by atoms with E-state index in [1.165, 1.54) is 0 Å². The SMILES string of the molecule is N#Cc1ccc(C(N2CCCC2=O)N2Cc3cc(N)ccc3-n3cnnc32)cc1. The number of rotatable bonds is 3. The molecule has 8 heteroatoms. The second-order valence-corrected chi connectivity index (χ2v) is 7.32. The Bertz CT molecular complexity index is 1130. The maximum Gasteiger partial charge on any atom is 0.233 e. The van der Waals surface area contributed by atoms with Crippen LogP contribution in [0.4, 0.5) is 11.6 Å². The van der Waals surface area contributed by atoms with Crippen molar-refractivity contribution in [3.63, 3.8) is 0 Å². The zero-order chi connectivity index (χ0) is 20.0. The third-order valence-electron chi connectivity index (χ3n) is 5.53. The molecule has 2 N–H and O–H groups in total. The summed E-state index contributed by atoms with van der Waals surface area (Å²) >= 11 is 0. The predicted molar refractivity (Wildman–Crippen MR) is 107 cm³/mol. The van der Waals surface area contributed by atoms with Gasteiger partial charge in [0, 0.05) is 18.7 Å². The summed E-state index contributed by atoms with van der Waals surface area (Å²) < 4.78 is 1.93. The minimum absolute atomic E-state index is 0.115. The Morgan fingerprint density at radius 1 is 1.14 bits per heavy atom. The first-order chi connectivity index (χ1) is 14.2. The molecule has 1 unspecified atom stereocenters. The Morgan fingerprint density at radius 2 is 1.97 bits per heavy atom. The van der Waals surface area contributed by atoms with Crippen LogP contribution in [-0.4, -0.2) is 32.1 Å². The molecule has 0 bridgehead atoms. The molecule has 8 nitrogen and oxygen atoms in total. The van der Waals surface area contributed by atoms with Crippen LogP contribution in [0.25, 0.3) is 5.69 Å². The third kappa shape index (κ3) is 2.79. The predicted octanol–water partition coefficient (Wildman–Crippen LogP) is 2.36. The smallest absolute Gasteiger partial charge is 0.233 e. The number of benzene rings is 2. The van der Waals surface area contributed by atoms with Gasteiger partial charge in [-0.05, 0) is 47.9 Å². The van der Waals surface area contributed by atoms with Crippen LogP contribution in [0, 0.1) is 11.3 Å². The Hall–Kier alpha value is -3.86. The molecule has 1 saturated heterocycles. The molecule has 0 aliphatic carbocycles. The van der Waals surface area contributed by atoms with Crippen LogP contribution in [0.5, 0.6) is 0 Å². The van der Waals surface area contributed by atoms with Crippen LogP contribution in [0.15, 0.2) is 48.8 Å². The second kappa shape index (κ2) is 6.63. The summed E-state index contributed by atoms with van der Waals surface area (Å²) in [7, 11) is 0. The molecular formula is C21H19N7O. The van der Waals surface area contributed by atoms with E-state index >= 15 is 0 Å². The highest BCUT2D eigenvalue weighted by molar-refractivity contribution is 5.79. The lowest BCUT2D eigenvalue weighted by Gasteiger charge is -2.41. The first-order valence-electron chi connectivity index (χ1n) is 9.50. The molecule has 0 spiro atoms. The van der Waals surface area contributed by atoms with Gasteiger partial charge >= 0.3 is 0 Å². The number of nitrogen functional groups attached to an aromatic ring is 1. The van der Waals surface area contributed by atoms with Gasteiger partial charge in [-0.25, -0.2) is 0 Å². The maximum atomic E-state index is 12.7. The largest absolute Gasteiger partial charge is 0.399 e. The van der Waals surface area contributed by atoms with Gasteiger partial charge in [-0.2, -0.15) is 5.26 Å². The number of aromatic nitrogens is 3. The first-order valence-corrected chi connectivity index (χ1v) is 9.50. The van der Waals surface area contributed by atoms with Gasteiger partial charge in [0.15, 0.2) is 0 Å². The third-order valence-corrected chi connectivity index (χ3v) is 5.53. The van der Waals surface area contributed by atoms with Crippen molar-refractivity contribution in [1.29, 1.82) is 5.26 Å². The molecule has 1 atom stereocenters. The highest BCUT2D eigenvalue weighted by Gasteiger charge is 2.37. The molecule has 1 aromatic heterocycles. The van der Waals surface area contributed by atoms with Gasteiger partial charge in [0.25, 0.3) is 0 Å². The summed E-state index contributed by atoms with van der Waals surface area (Å²) in [5.74, 6) is 0.792. The van der Waals surface area contributed by atoms with Gasteiger partial charge in [-0.3, -0.25) is 9.36 Å². The number of hydrogen-bond acceptors (Lipinski definition) is 6. The highest BCUT2D eigenvalue weighted by atomic mass is 16.2. The Kier molecular flexibility index (Phi) is 3.95. The van der Waals surface area contributed by atoms with Gasteiger partial charge in [0.2, 0.25) is 11.9 Å². The molecule has 0 radical (unpaired) electrons. The normalized spacial score (nSPS) is 16.3. The summed E-state index contributed by atoms with van der Waals surface area (Å²) in [6.45, 7) is 1.23. The van der Waals surface area contributed by atoms with Crippen LogP contribution in [-0.2, 0) is 11.3 Å². The molecular weight excluding hydrogens is 366 g/mol. The van der Waals surface area contributed by atoms with Crippen molar-refractivity contribution in [1.82, 2.24) is 19.7 Å². The zero-order valence-corrected chi connectivity index (χ0v) is 15.7. The Morgan fingerprint density at radius 3 is 2.69 bits per heavy atom. The fraction of sp³-hybridized carbons (Fsp3) is 0.238. The summed E-state index contributed by atoms with van der Waals surface area (Å²) in [5.41, 5.74) is 10.3. The number of carbonyl (C=O) groups is 1. The number of nitrogens with zero attached hydrogens (tertiary/aromatic N) is 6. The zero-order valence-electron chi connectivity index (χ0n) is 15.7. The Balaban J connectivity index is 1.64. The fourth-order valence-electron chi connectivity index (χ4n) is 4.20. The van der Waals surface area contributed by atoms with Crippen molar-refractivity contribution in [2.75, 3.05) is 17.2 Å². The number of anilines is 2. The van der Waals surface area contributed by atoms with Crippen molar-refractivity contribution in [3.8, 4) is 11.8 Å². The van der Waals surface area contributed by atoms with Crippen LogP contribution < -0.4 is 10.6 Å². The molecule has 1 fully saturated rings. The topological polar surface area (TPSA) is 104 Å². The number of amides is 1. The summed E-state index contributed by atoms with van der Waals surface area (Å²) in [4.78, 5) is 16.7. The average molecular weight is 385 g/mol. The van der Waals surface area contributed by atoms with Crippen molar-refractivity contribution < 1.29 is 4.79 Å². The van der Waals surface area contributed by atoms with Gasteiger partial charge < -0.3 is 15.5 Å². The standard InChI is InChI=1S/C21H19N7O/c22-11-14-3-5-15(6-4-14)20(26-9-1-2-19(26)29)27-12-16-10-17(23)7-8-18(16)28-13-24-25-21(27)28/h3-8,10,13,20H,1-2,9,12,23H2.